The Morgan fingerprint density at radius 3 is 2.00 bits per heavy atom. The van der Waals surface area contributed by atoms with Crippen molar-refractivity contribution in [1.29, 1.82) is 0 Å². The second-order valence-electron chi connectivity index (χ2n) is 4.74. The second kappa shape index (κ2) is 3.88. The van der Waals surface area contributed by atoms with Gasteiger partial charge in [0.15, 0.2) is 9.84 Å². The van der Waals surface area contributed by atoms with Crippen LogP contribution in [0.2, 0.25) is 0 Å². The summed E-state index contributed by atoms with van der Waals surface area (Å²) in [5.41, 5.74) is 0.507. The van der Waals surface area contributed by atoms with Crippen molar-refractivity contribution in [2.24, 2.45) is 0 Å². The molecule has 0 spiro atoms. The summed E-state index contributed by atoms with van der Waals surface area (Å²) in [5.74, 6) is -1.87. The molecular formula is C12H11NO5S. The van der Waals surface area contributed by atoms with Crippen LogP contribution < -0.4 is 0 Å². The molecule has 7 heteroatoms. The van der Waals surface area contributed by atoms with Crippen LogP contribution in [0.5, 0.6) is 0 Å². The smallest absolute Gasteiger partial charge is 0.261 e. The normalized spacial score (nSPS) is 28.8. The van der Waals surface area contributed by atoms with Crippen molar-refractivity contribution in [3.63, 3.8) is 0 Å². The Morgan fingerprint density at radius 1 is 1.05 bits per heavy atom. The van der Waals surface area contributed by atoms with Gasteiger partial charge in [-0.25, -0.2) is 8.42 Å². The number of hydrogen-bond acceptors (Lipinski definition) is 5. The number of sulfone groups is 1. The highest BCUT2D eigenvalue weighted by Gasteiger charge is 2.48. The summed E-state index contributed by atoms with van der Waals surface area (Å²) in [6.07, 6.45) is -1.22. The van der Waals surface area contributed by atoms with Gasteiger partial charge < -0.3 is 5.11 Å². The minimum Gasteiger partial charge on any atom is -0.390 e. The number of imide groups is 1. The van der Waals surface area contributed by atoms with Crippen LogP contribution in [-0.4, -0.2) is 53.9 Å². The molecule has 1 N–H and O–H groups in total. The largest absolute Gasteiger partial charge is 0.390 e. The molecule has 0 bridgehead atoms. The first-order valence-electron chi connectivity index (χ1n) is 5.76. The molecular weight excluding hydrogens is 270 g/mol. The van der Waals surface area contributed by atoms with Crippen LogP contribution in [0, 0.1) is 0 Å². The summed E-state index contributed by atoms with van der Waals surface area (Å²) < 4.78 is 23.0. The SMILES string of the molecule is O=C1c2ccccc2C(=O)N1[C@H]1CS(=O)(=O)C[C@@H]1O. The molecule has 0 radical (unpaired) electrons. The first-order chi connectivity index (χ1) is 8.91. The maximum absolute atomic E-state index is 12.1. The van der Waals surface area contributed by atoms with E-state index in [0.29, 0.717) is 0 Å². The van der Waals surface area contributed by atoms with Crippen LogP contribution in [0.15, 0.2) is 24.3 Å². The number of carbonyl (C=O) groups excluding carboxylic acids is 2. The average Bonchev–Trinajstić information content (AvgIpc) is 2.75. The van der Waals surface area contributed by atoms with Gasteiger partial charge in [0.1, 0.15) is 0 Å². The van der Waals surface area contributed by atoms with Crippen molar-refractivity contribution in [1.82, 2.24) is 4.90 Å². The standard InChI is InChI=1S/C12H11NO5S/c14-10-6-19(17,18)5-9(10)13-11(15)7-3-1-2-4-8(7)12(13)16/h1-4,9-10,14H,5-6H2/t9-,10-/m0/s1. The van der Waals surface area contributed by atoms with E-state index in [0.717, 1.165) is 4.90 Å². The lowest BCUT2D eigenvalue weighted by molar-refractivity contribution is 0.0451. The van der Waals surface area contributed by atoms with Crippen molar-refractivity contribution in [3.8, 4) is 0 Å². The summed E-state index contributed by atoms with van der Waals surface area (Å²) in [6, 6.07) is 5.32. The van der Waals surface area contributed by atoms with Gasteiger partial charge >= 0.3 is 0 Å². The van der Waals surface area contributed by atoms with E-state index >= 15 is 0 Å². The number of aliphatic hydroxyl groups excluding tert-OH is 1. The van der Waals surface area contributed by atoms with Crippen molar-refractivity contribution in [3.05, 3.63) is 35.4 Å². The zero-order valence-corrected chi connectivity index (χ0v) is 10.6. The molecule has 2 aliphatic heterocycles. The van der Waals surface area contributed by atoms with E-state index < -0.39 is 39.6 Å². The van der Waals surface area contributed by atoms with Crippen LogP contribution in [-0.2, 0) is 9.84 Å². The Hall–Kier alpha value is -1.73. The Balaban J connectivity index is 2.01. The highest BCUT2D eigenvalue weighted by atomic mass is 32.2. The average molecular weight is 281 g/mol. The molecule has 0 saturated carbocycles. The van der Waals surface area contributed by atoms with Gasteiger partial charge in [-0.2, -0.15) is 0 Å². The van der Waals surface area contributed by atoms with E-state index in [1.165, 1.54) is 12.1 Å². The Labute approximate surface area is 109 Å². The Morgan fingerprint density at radius 2 is 1.58 bits per heavy atom. The monoisotopic (exact) mass is 281 g/mol. The topological polar surface area (TPSA) is 91.8 Å². The van der Waals surface area contributed by atoms with Gasteiger partial charge in [0.05, 0.1) is 34.8 Å². The first kappa shape index (κ1) is 12.3. The van der Waals surface area contributed by atoms with Gasteiger partial charge in [-0.15, -0.1) is 0 Å². The van der Waals surface area contributed by atoms with Gasteiger partial charge in [-0.05, 0) is 12.1 Å². The van der Waals surface area contributed by atoms with Crippen LogP contribution in [0.25, 0.3) is 0 Å². The summed E-state index contributed by atoms with van der Waals surface area (Å²) >= 11 is 0. The predicted octanol–water partition coefficient (Wildman–Crippen LogP) is -0.559. The lowest BCUT2D eigenvalue weighted by Gasteiger charge is -2.23. The number of benzene rings is 1. The van der Waals surface area contributed by atoms with E-state index in [2.05, 4.69) is 0 Å². The van der Waals surface area contributed by atoms with Crippen LogP contribution in [0.4, 0.5) is 0 Å². The number of amides is 2. The maximum Gasteiger partial charge on any atom is 0.261 e. The zero-order chi connectivity index (χ0) is 13.8. The van der Waals surface area contributed by atoms with Crippen LogP contribution in [0.1, 0.15) is 20.7 Å². The van der Waals surface area contributed by atoms with Gasteiger partial charge in [0.25, 0.3) is 11.8 Å². The molecule has 2 aliphatic rings. The van der Waals surface area contributed by atoms with E-state index in [1.54, 1.807) is 12.1 Å². The molecule has 3 rings (SSSR count). The number of aliphatic hydroxyl groups is 1. The van der Waals surface area contributed by atoms with E-state index in [1.807, 2.05) is 0 Å². The van der Waals surface area contributed by atoms with Gasteiger partial charge in [0, 0.05) is 0 Å². The van der Waals surface area contributed by atoms with Gasteiger partial charge in [-0.1, -0.05) is 12.1 Å². The Kier molecular flexibility index (Phi) is 2.51. The minimum atomic E-state index is -3.41. The van der Waals surface area contributed by atoms with E-state index in [-0.39, 0.29) is 16.9 Å². The summed E-state index contributed by atoms with van der Waals surface area (Å²) in [5, 5.41) is 9.77. The fraction of sp³-hybridized carbons (Fsp3) is 0.333. The minimum absolute atomic E-state index is 0.254. The maximum atomic E-state index is 12.1. The number of rotatable bonds is 1. The highest BCUT2D eigenvalue weighted by Crippen LogP contribution is 2.28. The quantitative estimate of drug-likeness (QED) is 0.697. The van der Waals surface area contributed by atoms with E-state index in [4.69, 9.17) is 0 Å². The zero-order valence-electron chi connectivity index (χ0n) is 9.81. The van der Waals surface area contributed by atoms with Crippen molar-refractivity contribution in [2.75, 3.05) is 11.5 Å². The third kappa shape index (κ3) is 1.77. The third-order valence-corrected chi connectivity index (χ3v) is 5.15. The van der Waals surface area contributed by atoms with Crippen LogP contribution >= 0.6 is 0 Å². The number of hydrogen-bond donors (Lipinski definition) is 1. The van der Waals surface area contributed by atoms with E-state index in [9.17, 15) is 23.1 Å². The first-order valence-corrected chi connectivity index (χ1v) is 7.58. The Bertz CT molecular complexity index is 646. The van der Waals surface area contributed by atoms with Gasteiger partial charge in [0.2, 0.25) is 0 Å². The molecule has 1 saturated heterocycles. The van der Waals surface area contributed by atoms with Crippen LogP contribution in [0.3, 0.4) is 0 Å². The molecule has 19 heavy (non-hydrogen) atoms. The highest BCUT2D eigenvalue weighted by molar-refractivity contribution is 7.91. The lowest BCUT2D eigenvalue weighted by atomic mass is 10.1. The molecule has 1 aromatic carbocycles. The lowest BCUT2D eigenvalue weighted by Crippen LogP contribution is -2.46. The number of nitrogens with zero attached hydrogens (tertiary/aromatic N) is 1. The summed E-state index contributed by atoms with van der Waals surface area (Å²) in [4.78, 5) is 25.2. The molecule has 1 fully saturated rings. The van der Waals surface area contributed by atoms with Gasteiger partial charge in [-0.3, -0.25) is 14.5 Å². The third-order valence-electron chi connectivity index (χ3n) is 3.45. The number of carbonyl (C=O) groups is 2. The molecule has 2 atom stereocenters. The van der Waals surface area contributed by atoms with Crippen molar-refractivity contribution >= 4 is 21.7 Å². The molecule has 6 nitrogen and oxygen atoms in total. The molecule has 0 aromatic heterocycles. The molecule has 100 valence electrons. The predicted molar refractivity (Wildman–Crippen MR) is 65.4 cm³/mol. The fourth-order valence-electron chi connectivity index (χ4n) is 2.57. The van der Waals surface area contributed by atoms with Crippen molar-refractivity contribution < 1.29 is 23.1 Å². The fourth-order valence-corrected chi connectivity index (χ4v) is 4.34. The second-order valence-corrected chi connectivity index (χ2v) is 6.89. The molecule has 0 unspecified atom stereocenters. The molecule has 2 amide bonds. The van der Waals surface area contributed by atoms with Crippen molar-refractivity contribution in [2.45, 2.75) is 12.1 Å². The molecule has 0 aliphatic carbocycles. The molecule has 2 heterocycles. The summed E-state index contributed by atoms with van der Waals surface area (Å²) in [7, 11) is -3.41. The molecule has 1 aromatic rings. The number of fused-ring (bicyclic) bond motifs is 1. The summed E-state index contributed by atoms with van der Waals surface area (Å²) in [6.45, 7) is 0.